The molecule has 1 aromatic carbocycles. The number of halogens is 3. The van der Waals surface area contributed by atoms with E-state index in [4.69, 9.17) is 13.9 Å². The SMILES string of the molecule is COc1cc(C(F)(F)F)ccc1-c1oc(C(O)C2CC3CC2N(C(=O)OC(C)(C)C)C3)cc1C. The molecule has 0 radical (unpaired) electrons. The summed E-state index contributed by atoms with van der Waals surface area (Å²) in [7, 11) is 1.30. The van der Waals surface area contributed by atoms with Gasteiger partial charge in [0.15, 0.2) is 0 Å². The van der Waals surface area contributed by atoms with E-state index in [-0.39, 0.29) is 29.7 Å². The van der Waals surface area contributed by atoms with Gasteiger partial charge in [0.05, 0.1) is 18.2 Å². The highest BCUT2D eigenvalue weighted by Gasteiger charge is 2.51. The number of likely N-dealkylation sites (tertiary alicyclic amines) is 1. The molecule has 2 aliphatic rings. The molecule has 1 saturated heterocycles. The number of alkyl halides is 3. The Kier molecular flexibility index (Phi) is 6.12. The lowest BCUT2D eigenvalue weighted by molar-refractivity contribution is -0.137. The van der Waals surface area contributed by atoms with Gasteiger partial charge in [-0.15, -0.1) is 0 Å². The van der Waals surface area contributed by atoms with Crippen LogP contribution in [-0.2, 0) is 10.9 Å². The number of aliphatic hydroxyl groups is 1. The van der Waals surface area contributed by atoms with Crippen LogP contribution < -0.4 is 4.74 Å². The summed E-state index contributed by atoms with van der Waals surface area (Å²) in [5.74, 6) is 0.745. The van der Waals surface area contributed by atoms with Crippen LogP contribution in [0.15, 0.2) is 28.7 Å². The second kappa shape index (κ2) is 8.52. The summed E-state index contributed by atoms with van der Waals surface area (Å²) in [5.41, 5.74) is -0.392. The van der Waals surface area contributed by atoms with Crippen molar-refractivity contribution in [1.29, 1.82) is 0 Å². The van der Waals surface area contributed by atoms with Gasteiger partial charge in [0.1, 0.15) is 29.0 Å². The molecule has 1 N–H and O–H groups in total. The lowest BCUT2D eigenvalue weighted by Crippen LogP contribution is -2.46. The summed E-state index contributed by atoms with van der Waals surface area (Å²) < 4.78 is 56.0. The lowest BCUT2D eigenvalue weighted by atomic mass is 9.91. The summed E-state index contributed by atoms with van der Waals surface area (Å²) in [5, 5.41) is 11.2. The van der Waals surface area contributed by atoms with Gasteiger partial charge in [-0.2, -0.15) is 13.2 Å². The smallest absolute Gasteiger partial charge is 0.416 e. The van der Waals surface area contributed by atoms with Crippen LogP contribution in [0, 0.1) is 18.8 Å². The zero-order chi connectivity index (χ0) is 25.0. The zero-order valence-electron chi connectivity index (χ0n) is 19.9. The van der Waals surface area contributed by atoms with Crippen LogP contribution in [-0.4, -0.2) is 41.4 Å². The van der Waals surface area contributed by atoms with Gasteiger partial charge in [-0.25, -0.2) is 4.79 Å². The van der Waals surface area contributed by atoms with E-state index in [1.165, 1.54) is 13.2 Å². The number of piperidine rings is 1. The molecule has 4 rings (SSSR count). The molecule has 9 heteroatoms. The molecule has 1 saturated carbocycles. The fourth-order valence-corrected chi connectivity index (χ4v) is 5.13. The van der Waals surface area contributed by atoms with Gasteiger partial charge in [-0.1, -0.05) is 0 Å². The highest BCUT2D eigenvalue weighted by molar-refractivity contribution is 5.70. The molecule has 2 heterocycles. The number of carbonyl (C=O) groups is 1. The molecule has 2 fully saturated rings. The van der Waals surface area contributed by atoms with Gasteiger partial charge in [-0.05, 0) is 76.3 Å². The molecule has 1 aliphatic carbocycles. The van der Waals surface area contributed by atoms with Crippen molar-refractivity contribution in [3.63, 3.8) is 0 Å². The maximum Gasteiger partial charge on any atom is 0.416 e. The predicted molar refractivity (Wildman–Crippen MR) is 118 cm³/mol. The number of amides is 1. The standard InChI is InChI=1S/C25H30F3NO5/c1-13-8-20(33-22(13)16-7-6-15(25(26,27)28)11-19(16)32-5)21(30)17-9-14-10-18(17)29(12-14)23(31)34-24(2,3)4/h6-8,11,14,17-18,21,30H,9-10,12H2,1-5H3. The van der Waals surface area contributed by atoms with Crippen molar-refractivity contribution < 1.29 is 37.0 Å². The Hall–Kier alpha value is -2.68. The maximum absolute atomic E-state index is 13.1. The molecule has 2 aromatic rings. The Labute approximate surface area is 196 Å². The Morgan fingerprint density at radius 1 is 1.21 bits per heavy atom. The molecule has 0 spiro atoms. The first-order valence-electron chi connectivity index (χ1n) is 11.3. The molecular formula is C25H30F3NO5. The van der Waals surface area contributed by atoms with Crippen LogP contribution in [0.1, 0.15) is 56.6 Å². The number of hydrogen-bond donors (Lipinski definition) is 1. The largest absolute Gasteiger partial charge is 0.496 e. The third-order valence-corrected chi connectivity index (χ3v) is 6.57. The van der Waals surface area contributed by atoms with Crippen molar-refractivity contribution >= 4 is 6.09 Å². The van der Waals surface area contributed by atoms with E-state index in [0.717, 1.165) is 25.0 Å². The van der Waals surface area contributed by atoms with Gasteiger partial charge in [-0.3, -0.25) is 0 Å². The molecule has 4 atom stereocenters. The monoisotopic (exact) mass is 481 g/mol. The Morgan fingerprint density at radius 2 is 1.91 bits per heavy atom. The molecule has 186 valence electrons. The fourth-order valence-electron chi connectivity index (χ4n) is 5.13. The number of fused-ring (bicyclic) bond motifs is 2. The topological polar surface area (TPSA) is 72.1 Å². The van der Waals surface area contributed by atoms with Gasteiger partial charge in [0.25, 0.3) is 0 Å². The predicted octanol–water partition coefficient (Wildman–Crippen LogP) is 5.96. The Morgan fingerprint density at radius 3 is 2.50 bits per heavy atom. The Bertz CT molecular complexity index is 1070. The third kappa shape index (κ3) is 4.62. The van der Waals surface area contributed by atoms with Crippen molar-refractivity contribution in [3.05, 3.63) is 41.2 Å². The second-order valence-corrected chi connectivity index (χ2v) is 10.2. The van der Waals surface area contributed by atoms with Crippen LogP contribution in [0.2, 0.25) is 0 Å². The molecule has 34 heavy (non-hydrogen) atoms. The van der Waals surface area contributed by atoms with E-state index < -0.39 is 23.4 Å². The number of aliphatic hydroxyl groups excluding tert-OH is 1. The number of hydrogen-bond acceptors (Lipinski definition) is 5. The zero-order valence-corrected chi connectivity index (χ0v) is 19.9. The highest BCUT2D eigenvalue weighted by Crippen LogP contribution is 2.49. The van der Waals surface area contributed by atoms with Crippen LogP contribution in [0.4, 0.5) is 18.0 Å². The first kappa shape index (κ1) is 24.4. The number of methoxy groups -OCH3 is 1. The maximum atomic E-state index is 13.1. The molecule has 2 bridgehead atoms. The number of rotatable bonds is 4. The first-order valence-corrected chi connectivity index (χ1v) is 11.3. The number of ether oxygens (including phenoxy) is 2. The van der Waals surface area contributed by atoms with Crippen molar-refractivity contribution in [1.82, 2.24) is 4.90 Å². The van der Waals surface area contributed by atoms with Crippen LogP contribution in [0.5, 0.6) is 5.75 Å². The van der Waals surface area contributed by atoms with Gasteiger partial charge < -0.3 is 23.9 Å². The van der Waals surface area contributed by atoms with Crippen LogP contribution >= 0.6 is 0 Å². The second-order valence-electron chi connectivity index (χ2n) is 10.2. The van der Waals surface area contributed by atoms with E-state index in [9.17, 15) is 23.1 Å². The minimum atomic E-state index is -4.49. The molecule has 4 unspecified atom stereocenters. The van der Waals surface area contributed by atoms with Crippen molar-refractivity contribution in [2.24, 2.45) is 11.8 Å². The number of aryl methyl sites for hydroxylation is 1. The van der Waals surface area contributed by atoms with E-state index in [1.54, 1.807) is 17.9 Å². The summed E-state index contributed by atoms with van der Waals surface area (Å²) in [4.78, 5) is 14.4. The molecule has 1 amide bonds. The third-order valence-electron chi connectivity index (χ3n) is 6.57. The van der Waals surface area contributed by atoms with E-state index in [1.807, 2.05) is 20.8 Å². The Balaban J connectivity index is 1.58. The molecular weight excluding hydrogens is 451 g/mol. The lowest BCUT2D eigenvalue weighted by Gasteiger charge is -2.36. The summed E-state index contributed by atoms with van der Waals surface area (Å²) in [6.07, 6.45) is -4.30. The normalized spacial score (nSPS) is 23.3. The number of carbonyl (C=O) groups excluding carboxylic acids is 1. The van der Waals surface area contributed by atoms with Crippen molar-refractivity contribution in [2.45, 2.75) is 64.5 Å². The van der Waals surface area contributed by atoms with E-state index in [2.05, 4.69) is 0 Å². The average Bonchev–Trinajstić information content (AvgIpc) is 3.45. The van der Waals surface area contributed by atoms with Gasteiger partial charge in [0.2, 0.25) is 0 Å². The number of furan rings is 1. The molecule has 1 aliphatic heterocycles. The molecule has 6 nitrogen and oxygen atoms in total. The molecule has 1 aromatic heterocycles. The van der Waals surface area contributed by atoms with Crippen molar-refractivity contribution in [3.8, 4) is 17.1 Å². The number of nitrogens with zero attached hydrogens (tertiary/aromatic N) is 1. The summed E-state index contributed by atoms with van der Waals surface area (Å²) in [6, 6.07) is 4.75. The minimum absolute atomic E-state index is 0.0318. The number of benzene rings is 1. The van der Waals surface area contributed by atoms with Gasteiger partial charge >= 0.3 is 12.3 Å². The van der Waals surface area contributed by atoms with Gasteiger partial charge in [0, 0.05) is 18.5 Å². The quantitative estimate of drug-likeness (QED) is 0.583. The fraction of sp³-hybridized carbons (Fsp3) is 0.560. The highest BCUT2D eigenvalue weighted by atomic mass is 19.4. The van der Waals surface area contributed by atoms with E-state index >= 15 is 0 Å². The summed E-state index contributed by atoms with van der Waals surface area (Å²) >= 11 is 0. The summed E-state index contributed by atoms with van der Waals surface area (Å²) in [6.45, 7) is 7.81. The van der Waals surface area contributed by atoms with Crippen LogP contribution in [0.3, 0.4) is 0 Å². The van der Waals surface area contributed by atoms with Crippen molar-refractivity contribution in [2.75, 3.05) is 13.7 Å². The minimum Gasteiger partial charge on any atom is -0.496 e. The van der Waals surface area contributed by atoms with Crippen LogP contribution in [0.25, 0.3) is 11.3 Å². The van der Waals surface area contributed by atoms with E-state index in [0.29, 0.717) is 29.2 Å². The first-order chi connectivity index (χ1) is 15.8. The average molecular weight is 482 g/mol.